The first-order chi connectivity index (χ1) is 14.4. The maximum Gasteiger partial charge on any atom is 0.322 e. The number of hydrogen-bond acceptors (Lipinski definition) is 6. The van der Waals surface area contributed by atoms with Crippen LogP contribution in [0.4, 0.5) is 4.79 Å². The number of imide groups is 1. The molecule has 30 heavy (non-hydrogen) atoms. The Morgan fingerprint density at radius 1 is 1.17 bits per heavy atom. The third-order valence-electron chi connectivity index (χ3n) is 5.41. The summed E-state index contributed by atoms with van der Waals surface area (Å²) in [6, 6.07) is 7.31. The Morgan fingerprint density at radius 3 is 2.73 bits per heavy atom. The average molecular weight is 408 g/mol. The van der Waals surface area contributed by atoms with E-state index in [-0.39, 0.29) is 35.9 Å². The van der Waals surface area contributed by atoms with Crippen molar-refractivity contribution in [3.05, 3.63) is 63.8 Å². The van der Waals surface area contributed by atoms with Crippen LogP contribution >= 0.6 is 0 Å². The number of fused-ring (bicyclic) bond motifs is 2. The van der Waals surface area contributed by atoms with Crippen LogP contribution in [0.5, 0.6) is 5.75 Å². The number of ether oxygens (including phenoxy) is 1. The number of nitrogens with zero attached hydrogens (tertiary/aromatic N) is 1. The van der Waals surface area contributed by atoms with Crippen molar-refractivity contribution in [1.29, 1.82) is 0 Å². The molecule has 3 N–H and O–H groups in total. The molecule has 10 heteroatoms. The number of carbonyl (C=O) groups excluding carboxylic acids is 3. The number of nitrogens with one attached hydrogen (secondary N) is 3. The Hall–Kier alpha value is -4.08. The number of carbonyl (C=O) groups is 3. The summed E-state index contributed by atoms with van der Waals surface area (Å²) in [5, 5.41) is 5.37. The highest BCUT2D eigenvalue weighted by Crippen LogP contribution is 2.34. The molecule has 2 aromatic heterocycles. The Balaban J connectivity index is 1.56. The zero-order chi connectivity index (χ0) is 21.0. The van der Waals surface area contributed by atoms with E-state index in [1.165, 1.54) is 24.3 Å². The number of amides is 4. The highest BCUT2D eigenvalue weighted by molar-refractivity contribution is 6.08. The van der Waals surface area contributed by atoms with Crippen LogP contribution in [-0.2, 0) is 16.9 Å². The van der Waals surface area contributed by atoms with Crippen LogP contribution in [0.1, 0.15) is 21.7 Å². The summed E-state index contributed by atoms with van der Waals surface area (Å²) in [4.78, 5) is 53.4. The molecule has 2 aliphatic rings. The van der Waals surface area contributed by atoms with Gasteiger partial charge in [-0.3, -0.25) is 19.7 Å². The molecule has 5 rings (SSSR count). The predicted octanol–water partition coefficient (Wildman–Crippen LogP) is 0.820. The standard InChI is InChI=1S/C20H16N4O6/c1-29-12-3-2-10-8-24(17(26)13(10)5-12)9-20(18(27)22-19(28)23-20)15-4-11-7-21-16(25)6-14(11)30-15/h2-7H,8-9H2,1H3,(H,21,25)(H2,22,23,27,28). The maximum absolute atomic E-state index is 13.0. The minimum absolute atomic E-state index is 0.126. The van der Waals surface area contributed by atoms with Crippen LogP contribution in [0.25, 0.3) is 11.0 Å². The van der Waals surface area contributed by atoms with Gasteiger partial charge in [0.15, 0.2) is 5.54 Å². The molecule has 0 radical (unpaired) electrons. The molecule has 4 amide bonds. The fourth-order valence-electron chi connectivity index (χ4n) is 3.90. The van der Waals surface area contributed by atoms with Crippen LogP contribution in [0.2, 0.25) is 0 Å². The molecular weight excluding hydrogens is 392 g/mol. The van der Waals surface area contributed by atoms with E-state index in [4.69, 9.17) is 9.15 Å². The monoisotopic (exact) mass is 408 g/mol. The summed E-state index contributed by atoms with van der Waals surface area (Å²) in [5.74, 6) is -0.253. The van der Waals surface area contributed by atoms with E-state index in [0.717, 1.165) is 5.56 Å². The number of H-pyrrole nitrogens is 1. The Bertz CT molecular complexity index is 1290. The lowest BCUT2D eigenvalue weighted by Crippen LogP contribution is -2.52. The molecule has 0 bridgehead atoms. The first-order valence-corrected chi connectivity index (χ1v) is 9.12. The van der Waals surface area contributed by atoms with E-state index < -0.39 is 17.5 Å². The van der Waals surface area contributed by atoms with E-state index in [1.807, 2.05) is 0 Å². The minimum Gasteiger partial charge on any atom is -0.497 e. The molecule has 1 aromatic carbocycles. The zero-order valence-electron chi connectivity index (χ0n) is 15.8. The van der Waals surface area contributed by atoms with Crippen molar-refractivity contribution in [3.63, 3.8) is 0 Å². The van der Waals surface area contributed by atoms with Crippen LogP contribution in [-0.4, -0.2) is 41.4 Å². The molecule has 4 heterocycles. The van der Waals surface area contributed by atoms with Crippen molar-refractivity contribution in [1.82, 2.24) is 20.5 Å². The fourth-order valence-corrected chi connectivity index (χ4v) is 3.90. The molecule has 1 atom stereocenters. The lowest BCUT2D eigenvalue weighted by atomic mass is 9.95. The molecule has 152 valence electrons. The number of aromatic nitrogens is 1. The molecule has 1 saturated heterocycles. The second-order valence-electron chi connectivity index (χ2n) is 7.23. The lowest BCUT2D eigenvalue weighted by molar-refractivity contribution is -0.125. The number of hydrogen-bond donors (Lipinski definition) is 3. The average Bonchev–Trinajstić information content (AvgIpc) is 3.36. The quantitative estimate of drug-likeness (QED) is 0.548. The molecule has 2 aliphatic heterocycles. The number of urea groups is 1. The zero-order valence-corrected chi connectivity index (χ0v) is 15.8. The summed E-state index contributed by atoms with van der Waals surface area (Å²) in [6.45, 7) is 0.121. The van der Waals surface area contributed by atoms with Crippen LogP contribution in [0.15, 0.2) is 45.7 Å². The minimum atomic E-state index is -1.62. The Kier molecular flexibility index (Phi) is 3.72. The fraction of sp³-hybridized carbons (Fsp3) is 0.200. The highest BCUT2D eigenvalue weighted by atomic mass is 16.5. The van der Waals surface area contributed by atoms with Gasteiger partial charge in [0.1, 0.15) is 17.1 Å². The van der Waals surface area contributed by atoms with Crippen LogP contribution in [0, 0.1) is 0 Å². The SMILES string of the molecule is COc1ccc2c(c1)C(=O)N(CC1(c3cc4c[nH]c(=O)cc4o3)NC(=O)NC1=O)C2. The molecule has 1 fully saturated rings. The van der Waals surface area contributed by atoms with Crippen LogP contribution < -0.4 is 20.9 Å². The summed E-state index contributed by atoms with van der Waals surface area (Å²) in [5.41, 5.74) is -0.458. The first kappa shape index (κ1) is 18.0. The first-order valence-electron chi connectivity index (χ1n) is 9.12. The lowest BCUT2D eigenvalue weighted by Gasteiger charge is -2.29. The van der Waals surface area contributed by atoms with E-state index >= 15 is 0 Å². The summed E-state index contributed by atoms with van der Waals surface area (Å²) in [6.07, 6.45) is 1.45. The number of pyridine rings is 1. The highest BCUT2D eigenvalue weighted by Gasteiger charge is 2.53. The molecular formula is C20H16N4O6. The van der Waals surface area contributed by atoms with Crippen LogP contribution in [0.3, 0.4) is 0 Å². The van der Waals surface area contributed by atoms with E-state index in [2.05, 4.69) is 15.6 Å². The summed E-state index contributed by atoms with van der Waals surface area (Å²) < 4.78 is 10.9. The third-order valence-corrected chi connectivity index (χ3v) is 5.41. The third kappa shape index (κ3) is 2.57. The van der Waals surface area contributed by atoms with Gasteiger partial charge in [-0.1, -0.05) is 6.07 Å². The molecule has 0 spiro atoms. The Labute approximate surface area is 168 Å². The smallest absolute Gasteiger partial charge is 0.322 e. The van der Waals surface area contributed by atoms with Gasteiger partial charge in [0.05, 0.1) is 13.7 Å². The van der Waals surface area contributed by atoms with Crippen molar-refractivity contribution in [2.24, 2.45) is 0 Å². The second-order valence-corrected chi connectivity index (χ2v) is 7.23. The van der Waals surface area contributed by atoms with Gasteiger partial charge in [-0.2, -0.15) is 0 Å². The number of aromatic amines is 1. The summed E-state index contributed by atoms with van der Waals surface area (Å²) in [7, 11) is 1.51. The topological polar surface area (TPSA) is 134 Å². The normalized spacial score (nSPS) is 20.4. The number of rotatable bonds is 4. The largest absolute Gasteiger partial charge is 0.497 e. The van der Waals surface area contributed by atoms with Crippen molar-refractivity contribution in [3.8, 4) is 5.75 Å². The van der Waals surface area contributed by atoms with Gasteiger partial charge in [-0.25, -0.2) is 4.79 Å². The van der Waals surface area contributed by atoms with Gasteiger partial charge in [0.25, 0.3) is 17.4 Å². The van der Waals surface area contributed by atoms with Gasteiger partial charge < -0.3 is 24.4 Å². The van der Waals surface area contributed by atoms with Gasteiger partial charge >= 0.3 is 6.03 Å². The maximum atomic E-state index is 13.0. The van der Waals surface area contributed by atoms with E-state index in [1.54, 1.807) is 24.3 Å². The number of benzene rings is 1. The molecule has 3 aromatic rings. The number of furan rings is 1. The van der Waals surface area contributed by atoms with E-state index in [9.17, 15) is 19.2 Å². The molecule has 10 nitrogen and oxygen atoms in total. The van der Waals surface area contributed by atoms with Crippen molar-refractivity contribution < 1.29 is 23.5 Å². The molecule has 1 unspecified atom stereocenters. The Morgan fingerprint density at radius 2 is 2.00 bits per heavy atom. The van der Waals surface area contributed by atoms with Gasteiger partial charge in [-0.15, -0.1) is 0 Å². The molecule has 0 saturated carbocycles. The number of methoxy groups -OCH3 is 1. The predicted molar refractivity (Wildman–Crippen MR) is 103 cm³/mol. The molecule has 0 aliphatic carbocycles. The van der Waals surface area contributed by atoms with Gasteiger partial charge in [0.2, 0.25) is 0 Å². The van der Waals surface area contributed by atoms with Crippen molar-refractivity contribution >= 4 is 28.8 Å². The van der Waals surface area contributed by atoms with Gasteiger partial charge in [-0.05, 0) is 23.8 Å². The van der Waals surface area contributed by atoms with Gasteiger partial charge in [0, 0.05) is 29.8 Å². The second kappa shape index (κ2) is 6.21. The summed E-state index contributed by atoms with van der Waals surface area (Å²) >= 11 is 0. The van der Waals surface area contributed by atoms with Crippen molar-refractivity contribution in [2.45, 2.75) is 12.1 Å². The van der Waals surface area contributed by atoms with Crippen molar-refractivity contribution in [2.75, 3.05) is 13.7 Å². The van der Waals surface area contributed by atoms with E-state index in [0.29, 0.717) is 16.7 Å².